The van der Waals surface area contributed by atoms with Crippen molar-refractivity contribution < 1.29 is 24.2 Å². The van der Waals surface area contributed by atoms with E-state index in [0.29, 0.717) is 36.5 Å². The molecule has 1 fully saturated rings. The molecule has 8 rings (SSSR count). The summed E-state index contributed by atoms with van der Waals surface area (Å²) in [6.07, 6.45) is 2.15. The van der Waals surface area contributed by atoms with Crippen molar-refractivity contribution in [2.24, 2.45) is 5.92 Å². The SMILES string of the molecule is COc1ccc([Si](C)(C)[C@H]2[C@H](CCn3cc(C(CO)c4ccccc4)nn3)O[C@@]3(C(=O)N(Cc4ccccc4)c4ccc(NC(=O)c5ccccc5)cc43)[C@@H]2C)cc1. The maximum Gasteiger partial charge on any atom is 0.264 e. The Kier molecular flexibility index (Phi) is 10.9. The van der Waals surface area contributed by atoms with Crippen molar-refractivity contribution >= 4 is 36.4 Å². The number of fused-ring (bicyclic) bond motifs is 2. The van der Waals surface area contributed by atoms with Gasteiger partial charge in [0.05, 0.1) is 51.7 Å². The van der Waals surface area contributed by atoms with E-state index in [1.165, 1.54) is 5.19 Å². The molecular formula is C47H49N5O5Si. The van der Waals surface area contributed by atoms with E-state index in [4.69, 9.17) is 9.47 Å². The lowest BCUT2D eigenvalue weighted by Gasteiger charge is -2.37. The van der Waals surface area contributed by atoms with Crippen molar-refractivity contribution in [3.8, 4) is 5.75 Å². The first kappa shape index (κ1) is 39.0. The zero-order valence-electron chi connectivity index (χ0n) is 33.3. The molecule has 1 saturated heterocycles. The Labute approximate surface area is 340 Å². The van der Waals surface area contributed by atoms with E-state index in [1.807, 2.05) is 125 Å². The molecule has 10 nitrogen and oxygen atoms in total. The molecular weight excluding hydrogens is 743 g/mol. The molecule has 6 aromatic rings. The van der Waals surface area contributed by atoms with Crippen molar-refractivity contribution in [2.75, 3.05) is 23.9 Å². The van der Waals surface area contributed by atoms with Crippen LogP contribution in [-0.2, 0) is 28.2 Å². The van der Waals surface area contributed by atoms with E-state index < -0.39 is 13.7 Å². The van der Waals surface area contributed by atoms with Crippen molar-refractivity contribution in [2.45, 2.75) is 62.7 Å². The number of anilines is 2. The van der Waals surface area contributed by atoms with Crippen LogP contribution in [0.4, 0.5) is 11.4 Å². The predicted octanol–water partition coefficient (Wildman–Crippen LogP) is 7.52. The van der Waals surface area contributed by atoms with Crippen LogP contribution in [0, 0.1) is 5.92 Å². The fourth-order valence-electron chi connectivity index (χ4n) is 9.27. The lowest BCUT2D eigenvalue weighted by molar-refractivity contribution is -0.146. The fourth-order valence-corrected chi connectivity index (χ4v) is 13.3. The van der Waals surface area contributed by atoms with Crippen LogP contribution in [0.3, 0.4) is 0 Å². The van der Waals surface area contributed by atoms with Gasteiger partial charge < -0.3 is 24.8 Å². The minimum atomic E-state index is -2.43. The molecule has 2 N–H and O–H groups in total. The van der Waals surface area contributed by atoms with Crippen LogP contribution >= 0.6 is 0 Å². The molecule has 1 unspecified atom stereocenters. The summed E-state index contributed by atoms with van der Waals surface area (Å²) in [6, 6.07) is 43.0. The molecule has 0 aliphatic carbocycles. The third-order valence-electron chi connectivity index (χ3n) is 12.3. The van der Waals surface area contributed by atoms with E-state index in [2.05, 4.69) is 47.8 Å². The number of amides is 2. The lowest BCUT2D eigenvalue weighted by atomic mass is 9.82. The number of nitrogens with one attached hydrogen (secondary N) is 1. The number of carbonyl (C=O) groups is 2. The first-order chi connectivity index (χ1) is 28.1. The van der Waals surface area contributed by atoms with Crippen LogP contribution in [-0.4, -0.2) is 59.8 Å². The highest BCUT2D eigenvalue weighted by atomic mass is 28.3. The van der Waals surface area contributed by atoms with E-state index in [1.54, 1.807) is 19.2 Å². The topological polar surface area (TPSA) is 119 Å². The number of ether oxygens (including phenoxy) is 2. The maximum atomic E-state index is 15.4. The number of aromatic nitrogens is 3. The van der Waals surface area contributed by atoms with Gasteiger partial charge in [0, 0.05) is 35.5 Å². The summed E-state index contributed by atoms with van der Waals surface area (Å²) in [5.74, 6) is -0.0785. The first-order valence-corrected chi connectivity index (χ1v) is 23.0. The predicted molar refractivity (Wildman–Crippen MR) is 228 cm³/mol. The van der Waals surface area contributed by atoms with Crippen LogP contribution in [0.5, 0.6) is 5.75 Å². The van der Waals surface area contributed by atoms with Crippen LogP contribution in [0.25, 0.3) is 0 Å². The number of carbonyl (C=O) groups excluding carboxylic acids is 2. The standard InChI is InChI=1S/C47H49N5O5Si/c1-32-44(58(3,4)38-23-21-37(56-2)22-24-38)43(26-27-51-30-41(49-50-51)39(31-53)34-16-10-6-11-17-34)57-47(32)40-28-36(48-45(54)35-18-12-7-13-19-35)20-25-42(40)52(46(47)55)29-33-14-8-5-9-15-33/h5-25,28,30,32,39,43-44,53H,26-27,29,31H2,1-4H3,(H,48,54)/t32-,39?,43+,44-,47+/m1/s1. The van der Waals surface area contributed by atoms with Gasteiger partial charge in [0.15, 0.2) is 5.60 Å². The average Bonchev–Trinajstić information content (AvgIpc) is 3.91. The summed E-state index contributed by atoms with van der Waals surface area (Å²) in [5.41, 5.74) is 4.02. The molecule has 0 saturated carbocycles. The van der Waals surface area contributed by atoms with Crippen molar-refractivity contribution in [3.05, 3.63) is 168 Å². The Morgan fingerprint density at radius 1 is 0.931 bits per heavy atom. The van der Waals surface area contributed by atoms with Gasteiger partial charge in [0.25, 0.3) is 11.8 Å². The van der Waals surface area contributed by atoms with Crippen LogP contribution < -0.4 is 20.1 Å². The molecule has 5 atom stereocenters. The number of hydrogen-bond acceptors (Lipinski definition) is 7. The summed E-state index contributed by atoms with van der Waals surface area (Å²) in [7, 11) is -0.763. The van der Waals surface area contributed by atoms with Crippen molar-refractivity contribution in [3.63, 3.8) is 0 Å². The van der Waals surface area contributed by atoms with Gasteiger partial charge >= 0.3 is 0 Å². The second-order valence-electron chi connectivity index (χ2n) is 15.9. The van der Waals surface area contributed by atoms with Crippen molar-refractivity contribution in [1.82, 2.24) is 15.0 Å². The molecule has 0 radical (unpaired) electrons. The van der Waals surface area contributed by atoms with E-state index in [-0.39, 0.29) is 41.9 Å². The summed E-state index contributed by atoms with van der Waals surface area (Å²) < 4.78 is 14.8. The van der Waals surface area contributed by atoms with Gasteiger partial charge in [0.2, 0.25) is 0 Å². The number of aliphatic hydroxyl groups is 1. The van der Waals surface area contributed by atoms with Gasteiger partial charge in [-0.15, -0.1) is 5.10 Å². The lowest BCUT2D eigenvalue weighted by Crippen LogP contribution is -2.51. The summed E-state index contributed by atoms with van der Waals surface area (Å²) >= 11 is 0. The summed E-state index contributed by atoms with van der Waals surface area (Å²) in [4.78, 5) is 30.6. The average molecular weight is 792 g/mol. The maximum absolute atomic E-state index is 15.4. The minimum absolute atomic E-state index is 0.00515. The van der Waals surface area contributed by atoms with E-state index in [0.717, 1.165) is 28.1 Å². The quantitative estimate of drug-likeness (QED) is 0.116. The molecule has 11 heteroatoms. The highest BCUT2D eigenvalue weighted by Crippen LogP contribution is 2.60. The first-order valence-electron chi connectivity index (χ1n) is 19.9. The smallest absolute Gasteiger partial charge is 0.264 e. The fraction of sp³-hybridized carbons (Fsp3) is 0.277. The number of benzene rings is 5. The Hall–Kier alpha value is -5.88. The molecule has 0 bridgehead atoms. The van der Waals surface area contributed by atoms with Crippen LogP contribution in [0.2, 0.25) is 18.6 Å². The largest absolute Gasteiger partial charge is 0.497 e. The van der Waals surface area contributed by atoms with Gasteiger partial charge in [0.1, 0.15) is 5.75 Å². The van der Waals surface area contributed by atoms with Crippen LogP contribution in [0.15, 0.2) is 140 Å². The Morgan fingerprint density at radius 2 is 1.60 bits per heavy atom. The molecule has 2 amide bonds. The third kappa shape index (κ3) is 7.14. The Morgan fingerprint density at radius 3 is 2.28 bits per heavy atom. The third-order valence-corrected chi connectivity index (χ3v) is 16.6. The summed E-state index contributed by atoms with van der Waals surface area (Å²) in [5, 5.41) is 23.7. The summed E-state index contributed by atoms with van der Waals surface area (Å²) in [6.45, 7) is 7.69. The Bertz CT molecular complexity index is 2370. The number of nitrogens with zero attached hydrogens (tertiary/aromatic N) is 4. The molecule has 1 aromatic heterocycles. The number of rotatable bonds is 13. The van der Waals surface area contributed by atoms with E-state index >= 15 is 4.79 Å². The van der Waals surface area contributed by atoms with Gasteiger partial charge in [-0.25, -0.2) is 0 Å². The van der Waals surface area contributed by atoms with E-state index in [9.17, 15) is 9.90 Å². The second kappa shape index (κ2) is 16.2. The zero-order valence-corrected chi connectivity index (χ0v) is 34.3. The Balaban J connectivity index is 1.18. The monoisotopic (exact) mass is 791 g/mol. The number of methoxy groups -OCH3 is 1. The molecule has 5 aromatic carbocycles. The van der Waals surface area contributed by atoms with Crippen molar-refractivity contribution in [1.29, 1.82) is 0 Å². The van der Waals surface area contributed by atoms with Gasteiger partial charge in [-0.05, 0) is 65.6 Å². The number of aryl methyl sites for hydroxylation is 1. The zero-order chi connectivity index (χ0) is 40.4. The molecule has 296 valence electrons. The molecule has 2 aliphatic rings. The molecule has 58 heavy (non-hydrogen) atoms. The number of hydrogen-bond donors (Lipinski definition) is 2. The highest BCUT2D eigenvalue weighted by Gasteiger charge is 2.66. The van der Waals surface area contributed by atoms with Gasteiger partial charge in [-0.3, -0.25) is 14.3 Å². The van der Waals surface area contributed by atoms with Gasteiger partial charge in [-0.2, -0.15) is 0 Å². The number of aliphatic hydroxyl groups excluding tert-OH is 1. The second-order valence-corrected chi connectivity index (χ2v) is 20.6. The normalized spacial score (nSPS) is 20.6. The highest BCUT2D eigenvalue weighted by molar-refractivity contribution is 6.91. The molecule has 1 spiro atoms. The van der Waals surface area contributed by atoms with Crippen LogP contribution in [0.1, 0.15) is 52.0 Å². The molecule has 2 aliphatic heterocycles. The minimum Gasteiger partial charge on any atom is -0.497 e. The van der Waals surface area contributed by atoms with Gasteiger partial charge in [-0.1, -0.05) is 121 Å². The molecule has 3 heterocycles.